The zero-order valence-corrected chi connectivity index (χ0v) is 20.5. The molecule has 0 aliphatic heterocycles. The van der Waals surface area contributed by atoms with Crippen LogP contribution in [0.2, 0.25) is 0 Å². The van der Waals surface area contributed by atoms with Crippen molar-refractivity contribution >= 4 is 0 Å². The molecule has 180 valence electrons. The van der Waals surface area contributed by atoms with Gasteiger partial charge in [-0.15, -0.1) is 0 Å². The molecule has 1 aromatic carbocycles. The van der Waals surface area contributed by atoms with Gasteiger partial charge in [0.05, 0.1) is 0 Å². The fourth-order valence-corrected chi connectivity index (χ4v) is 7.46. The maximum atomic E-state index is 13.7. The van der Waals surface area contributed by atoms with Crippen molar-refractivity contribution in [2.75, 3.05) is 0 Å². The smallest absolute Gasteiger partial charge is 0.159 e. The average molecular weight is 445 g/mol. The van der Waals surface area contributed by atoms with Crippen molar-refractivity contribution in [2.45, 2.75) is 122 Å². The van der Waals surface area contributed by atoms with Gasteiger partial charge in [-0.05, 0) is 85.3 Å². The van der Waals surface area contributed by atoms with Crippen LogP contribution in [0.3, 0.4) is 0 Å². The van der Waals surface area contributed by atoms with E-state index in [9.17, 15) is 8.78 Å². The largest absolute Gasteiger partial charge is 0.204 e. The standard InChI is InChI=1S/C30H46F2/c1-2-3-4-5-6-22-7-9-23(10-8-22)11-12-24-13-14-26-20-27(16-15-25(26)19-24)28-17-18-29(31)30(32)21-28/h17-18,21-27H,2-16,19-20H2,1H3. The van der Waals surface area contributed by atoms with Gasteiger partial charge in [-0.3, -0.25) is 0 Å². The van der Waals surface area contributed by atoms with Crippen LogP contribution in [0.1, 0.15) is 128 Å². The van der Waals surface area contributed by atoms with E-state index in [1.54, 1.807) is 0 Å². The van der Waals surface area contributed by atoms with Crippen LogP contribution in [0.4, 0.5) is 8.78 Å². The van der Waals surface area contributed by atoms with Crippen molar-refractivity contribution in [3.63, 3.8) is 0 Å². The summed E-state index contributed by atoms with van der Waals surface area (Å²) in [5.74, 6) is 3.70. The lowest BCUT2D eigenvalue weighted by molar-refractivity contribution is 0.108. The molecule has 0 N–H and O–H groups in total. The van der Waals surface area contributed by atoms with Crippen molar-refractivity contribution in [3.05, 3.63) is 35.4 Å². The van der Waals surface area contributed by atoms with Gasteiger partial charge < -0.3 is 0 Å². The van der Waals surface area contributed by atoms with Crippen molar-refractivity contribution in [3.8, 4) is 0 Å². The van der Waals surface area contributed by atoms with Crippen molar-refractivity contribution in [2.24, 2.45) is 29.6 Å². The van der Waals surface area contributed by atoms with E-state index in [2.05, 4.69) is 6.92 Å². The predicted molar refractivity (Wildman–Crippen MR) is 131 cm³/mol. The topological polar surface area (TPSA) is 0 Å². The van der Waals surface area contributed by atoms with Gasteiger partial charge in [0.25, 0.3) is 0 Å². The zero-order valence-electron chi connectivity index (χ0n) is 20.5. The van der Waals surface area contributed by atoms with Gasteiger partial charge in [0.15, 0.2) is 11.6 Å². The monoisotopic (exact) mass is 444 g/mol. The first-order valence-electron chi connectivity index (χ1n) is 14.1. The summed E-state index contributed by atoms with van der Waals surface area (Å²) in [6.45, 7) is 2.30. The normalized spacial score (nSPS) is 33.1. The van der Waals surface area contributed by atoms with Gasteiger partial charge in [-0.1, -0.05) is 90.0 Å². The van der Waals surface area contributed by atoms with Gasteiger partial charge in [-0.25, -0.2) is 8.78 Å². The highest BCUT2D eigenvalue weighted by molar-refractivity contribution is 5.22. The summed E-state index contributed by atoms with van der Waals surface area (Å²) >= 11 is 0. The van der Waals surface area contributed by atoms with Crippen LogP contribution >= 0.6 is 0 Å². The van der Waals surface area contributed by atoms with Crippen LogP contribution in [0.15, 0.2) is 18.2 Å². The summed E-state index contributed by atoms with van der Waals surface area (Å²) < 4.78 is 27.0. The first kappa shape index (κ1) is 24.2. The van der Waals surface area contributed by atoms with Crippen LogP contribution in [0.5, 0.6) is 0 Å². The Labute approximate surface area is 196 Å². The minimum Gasteiger partial charge on any atom is -0.204 e. The molecule has 2 heteroatoms. The van der Waals surface area contributed by atoms with E-state index in [1.807, 2.05) is 6.07 Å². The van der Waals surface area contributed by atoms with E-state index >= 15 is 0 Å². The van der Waals surface area contributed by atoms with Crippen LogP contribution in [0.25, 0.3) is 0 Å². The van der Waals surface area contributed by atoms with Gasteiger partial charge in [0.1, 0.15) is 0 Å². The quantitative estimate of drug-likeness (QED) is 0.332. The summed E-state index contributed by atoms with van der Waals surface area (Å²) in [5.41, 5.74) is 1.02. The predicted octanol–water partition coefficient (Wildman–Crippen LogP) is 9.82. The maximum absolute atomic E-state index is 13.7. The third kappa shape index (κ3) is 6.57. The van der Waals surface area contributed by atoms with Gasteiger partial charge in [0, 0.05) is 0 Å². The Kier molecular flexibility index (Phi) is 9.06. The summed E-state index contributed by atoms with van der Waals surface area (Å²) in [4.78, 5) is 0. The summed E-state index contributed by atoms with van der Waals surface area (Å²) in [6, 6.07) is 4.58. The highest BCUT2D eigenvalue weighted by atomic mass is 19.2. The number of rotatable bonds is 9. The minimum absolute atomic E-state index is 0.431. The Morgan fingerprint density at radius 2 is 1.31 bits per heavy atom. The lowest BCUT2D eigenvalue weighted by atomic mass is 9.63. The number of unbranched alkanes of at least 4 members (excludes halogenated alkanes) is 3. The molecule has 1 aromatic rings. The van der Waals surface area contributed by atoms with Crippen LogP contribution in [0, 0.1) is 41.2 Å². The molecule has 0 saturated heterocycles. The molecule has 3 saturated carbocycles. The Bertz CT molecular complexity index is 690. The van der Waals surface area contributed by atoms with Crippen LogP contribution in [-0.2, 0) is 0 Å². The molecule has 3 aliphatic rings. The number of hydrogen-bond acceptors (Lipinski definition) is 0. The molecule has 0 heterocycles. The number of benzene rings is 1. The molecule has 4 rings (SSSR count). The van der Waals surface area contributed by atoms with Gasteiger partial charge in [-0.2, -0.15) is 0 Å². The number of fused-ring (bicyclic) bond motifs is 1. The SMILES string of the molecule is CCCCCCC1CCC(CCC2CCC3CC(c4ccc(F)c(F)c4)CCC3C2)CC1. The zero-order chi connectivity index (χ0) is 22.3. The lowest BCUT2D eigenvalue weighted by Crippen LogP contribution is -2.30. The fraction of sp³-hybridized carbons (Fsp3) is 0.800. The molecule has 0 aromatic heterocycles. The van der Waals surface area contributed by atoms with E-state index in [-0.39, 0.29) is 0 Å². The summed E-state index contributed by atoms with van der Waals surface area (Å²) in [5, 5.41) is 0. The van der Waals surface area contributed by atoms with E-state index in [0.29, 0.717) is 5.92 Å². The second kappa shape index (κ2) is 12.0. The average Bonchev–Trinajstić information content (AvgIpc) is 2.82. The molecule has 0 spiro atoms. The Balaban J connectivity index is 1.14. The number of halogens is 2. The molecule has 0 bridgehead atoms. The van der Waals surface area contributed by atoms with E-state index in [0.717, 1.165) is 41.6 Å². The Hall–Kier alpha value is -0.920. The van der Waals surface area contributed by atoms with Gasteiger partial charge >= 0.3 is 0 Å². The van der Waals surface area contributed by atoms with E-state index < -0.39 is 11.6 Å². The van der Waals surface area contributed by atoms with E-state index in [1.165, 1.54) is 115 Å². The van der Waals surface area contributed by atoms with Crippen LogP contribution in [-0.4, -0.2) is 0 Å². The molecule has 3 fully saturated rings. The maximum Gasteiger partial charge on any atom is 0.159 e. The second-order valence-corrected chi connectivity index (χ2v) is 11.7. The lowest BCUT2D eigenvalue weighted by Gasteiger charge is -2.43. The first-order valence-corrected chi connectivity index (χ1v) is 14.1. The van der Waals surface area contributed by atoms with Gasteiger partial charge in [0.2, 0.25) is 0 Å². The van der Waals surface area contributed by atoms with Crippen molar-refractivity contribution in [1.82, 2.24) is 0 Å². The molecule has 0 amide bonds. The molecule has 0 radical (unpaired) electrons. The summed E-state index contributed by atoms with van der Waals surface area (Å²) in [7, 11) is 0. The van der Waals surface area contributed by atoms with Crippen molar-refractivity contribution < 1.29 is 8.78 Å². The summed E-state index contributed by atoms with van der Waals surface area (Å²) in [6.07, 6.45) is 23.9. The second-order valence-electron chi connectivity index (χ2n) is 11.7. The first-order chi connectivity index (χ1) is 15.6. The van der Waals surface area contributed by atoms with E-state index in [4.69, 9.17) is 0 Å². The third-order valence-electron chi connectivity index (χ3n) is 9.55. The van der Waals surface area contributed by atoms with Crippen LogP contribution < -0.4 is 0 Å². The van der Waals surface area contributed by atoms with Crippen molar-refractivity contribution in [1.29, 1.82) is 0 Å². The molecular formula is C30H46F2. The molecule has 32 heavy (non-hydrogen) atoms. The molecule has 0 nitrogen and oxygen atoms in total. The fourth-order valence-electron chi connectivity index (χ4n) is 7.46. The molecule has 3 aliphatic carbocycles. The molecule has 4 unspecified atom stereocenters. The Morgan fingerprint density at radius 1 is 0.656 bits per heavy atom. The highest BCUT2D eigenvalue weighted by Crippen LogP contribution is 2.49. The molecular weight excluding hydrogens is 398 g/mol. The third-order valence-corrected chi connectivity index (χ3v) is 9.55. The highest BCUT2D eigenvalue weighted by Gasteiger charge is 2.36. The Morgan fingerprint density at radius 3 is 2.06 bits per heavy atom. The minimum atomic E-state index is -0.719. The number of hydrogen-bond donors (Lipinski definition) is 0. The molecule has 4 atom stereocenters.